The number of benzene rings is 1. The molecular formula is C25H26N10. The number of pyridine rings is 1. The van der Waals surface area contributed by atoms with Crippen LogP contribution in [0.1, 0.15) is 16.8 Å². The molecule has 6 rings (SSSR count). The number of rotatable bonds is 5. The maximum atomic E-state index is 4.96. The largest absolute Gasteiger partial charge is 0.351 e. The van der Waals surface area contributed by atoms with Crippen molar-refractivity contribution in [2.45, 2.75) is 19.9 Å². The van der Waals surface area contributed by atoms with Gasteiger partial charge >= 0.3 is 0 Å². The van der Waals surface area contributed by atoms with Gasteiger partial charge in [-0.15, -0.1) is 0 Å². The van der Waals surface area contributed by atoms with E-state index in [1.54, 1.807) is 21.8 Å². The lowest BCUT2D eigenvalue weighted by Gasteiger charge is -2.30. The fraction of sp³-hybridized carbons (Fsp3) is 0.240. The van der Waals surface area contributed by atoms with Crippen molar-refractivity contribution in [3.8, 4) is 0 Å². The van der Waals surface area contributed by atoms with E-state index in [0.29, 0.717) is 12.5 Å². The molecule has 1 aliphatic rings. The number of hydrogen-bond donors (Lipinski definition) is 2. The maximum Gasteiger partial charge on any atom is 0.230 e. The van der Waals surface area contributed by atoms with Gasteiger partial charge in [0.15, 0.2) is 0 Å². The minimum Gasteiger partial charge on any atom is -0.351 e. The first-order valence-electron chi connectivity index (χ1n) is 11.5. The van der Waals surface area contributed by atoms with Crippen LogP contribution in [0, 0.1) is 6.92 Å². The summed E-state index contributed by atoms with van der Waals surface area (Å²) in [5, 5.41) is 16.2. The molecule has 1 aromatic carbocycles. The van der Waals surface area contributed by atoms with Crippen molar-refractivity contribution in [2.75, 3.05) is 22.1 Å². The normalized spacial score (nSPS) is 13.2. The highest BCUT2D eigenvalue weighted by Crippen LogP contribution is 2.31. The van der Waals surface area contributed by atoms with Crippen molar-refractivity contribution < 1.29 is 0 Å². The first-order chi connectivity index (χ1) is 17.0. The monoisotopic (exact) mass is 466 g/mol. The third-order valence-corrected chi connectivity index (χ3v) is 6.32. The molecule has 2 N–H and O–H groups in total. The quantitative estimate of drug-likeness (QED) is 0.403. The Morgan fingerprint density at radius 3 is 2.40 bits per heavy atom. The molecule has 0 saturated carbocycles. The summed E-state index contributed by atoms with van der Waals surface area (Å²) in [6.45, 7) is 3.64. The van der Waals surface area contributed by atoms with Gasteiger partial charge < -0.3 is 15.5 Å². The molecule has 0 bridgehead atoms. The highest BCUT2D eigenvalue weighted by atomic mass is 15.3. The molecule has 5 heterocycles. The summed E-state index contributed by atoms with van der Waals surface area (Å²) >= 11 is 0. The Hall–Kier alpha value is -4.47. The lowest BCUT2D eigenvalue weighted by Crippen LogP contribution is -2.32. The van der Waals surface area contributed by atoms with E-state index >= 15 is 0 Å². The Morgan fingerprint density at radius 1 is 0.886 bits per heavy atom. The van der Waals surface area contributed by atoms with Crippen LogP contribution < -0.4 is 15.5 Å². The van der Waals surface area contributed by atoms with Crippen LogP contribution in [0.25, 0.3) is 10.9 Å². The minimum absolute atomic E-state index is 0.551. The SMILES string of the molecule is Cc1ccc2nc(Nc3ccnn3C)nc(N3CCc4ncc(Nc5ccnn5C)cc4C3)c2c1. The van der Waals surface area contributed by atoms with Gasteiger partial charge in [0, 0.05) is 56.8 Å². The summed E-state index contributed by atoms with van der Waals surface area (Å²) in [6, 6.07) is 12.3. The predicted molar refractivity (Wildman–Crippen MR) is 136 cm³/mol. The van der Waals surface area contributed by atoms with Crippen molar-refractivity contribution in [3.05, 3.63) is 71.8 Å². The van der Waals surface area contributed by atoms with Crippen LogP contribution in [-0.2, 0) is 27.1 Å². The Bertz CT molecular complexity index is 1530. The van der Waals surface area contributed by atoms with Crippen LogP contribution in [0.5, 0.6) is 0 Å². The molecule has 5 aromatic rings. The van der Waals surface area contributed by atoms with E-state index in [2.05, 4.69) is 56.9 Å². The van der Waals surface area contributed by atoms with Gasteiger partial charge in [-0.2, -0.15) is 15.2 Å². The van der Waals surface area contributed by atoms with E-state index in [9.17, 15) is 0 Å². The van der Waals surface area contributed by atoms with Crippen molar-refractivity contribution >= 4 is 40.0 Å². The van der Waals surface area contributed by atoms with Crippen LogP contribution in [0.3, 0.4) is 0 Å². The first-order valence-corrected chi connectivity index (χ1v) is 11.5. The molecule has 10 heteroatoms. The third kappa shape index (κ3) is 4.03. The molecule has 35 heavy (non-hydrogen) atoms. The van der Waals surface area contributed by atoms with Crippen LogP contribution in [0.4, 0.5) is 29.1 Å². The van der Waals surface area contributed by atoms with Crippen LogP contribution in [0.2, 0.25) is 0 Å². The number of anilines is 5. The summed E-state index contributed by atoms with van der Waals surface area (Å²) < 4.78 is 3.57. The van der Waals surface area contributed by atoms with Gasteiger partial charge in [-0.1, -0.05) is 11.6 Å². The molecule has 0 spiro atoms. The second-order valence-corrected chi connectivity index (χ2v) is 8.82. The van der Waals surface area contributed by atoms with Gasteiger partial charge in [-0.25, -0.2) is 4.98 Å². The molecule has 1 aliphatic heterocycles. The number of fused-ring (bicyclic) bond motifs is 2. The highest BCUT2D eigenvalue weighted by Gasteiger charge is 2.22. The number of nitrogens with zero attached hydrogens (tertiary/aromatic N) is 8. The maximum absolute atomic E-state index is 4.96. The van der Waals surface area contributed by atoms with Crippen LogP contribution in [-0.4, -0.2) is 41.1 Å². The lowest BCUT2D eigenvalue weighted by molar-refractivity contribution is 0.705. The van der Waals surface area contributed by atoms with Crippen molar-refractivity contribution in [1.82, 2.24) is 34.5 Å². The Morgan fingerprint density at radius 2 is 1.66 bits per heavy atom. The van der Waals surface area contributed by atoms with E-state index in [0.717, 1.165) is 52.7 Å². The molecule has 0 unspecified atom stereocenters. The molecule has 176 valence electrons. The second-order valence-electron chi connectivity index (χ2n) is 8.82. The summed E-state index contributed by atoms with van der Waals surface area (Å²) in [5.41, 5.74) is 5.33. The molecule has 0 saturated heterocycles. The fourth-order valence-electron chi connectivity index (χ4n) is 4.45. The van der Waals surface area contributed by atoms with Gasteiger partial charge in [-0.3, -0.25) is 14.3 Å². The van der Waals surface area contributed by atoms with Crippen LogP contribution in [0.15, 0.2) is 55.0 Å². The highest BCUT2D eigenvalue weighted by molar-refractivity contribution is 5.91. The Balaban J connectivity index is 1.36. The number of nitrogens with one attached hydrogen (secondary N) is 2. The van der Waals surface area contributed by atoms with Crippen molar-refractivity contribution in [2.24, 2.45) is 14.1 Å². The molecule has 0 fully saturated rings. The van der Waals surface area contributed by atoms with Gasteiger partial charge in [0.1, 0.15) is 17.5 Å². The zero-order valence-electron chi connectivity index (χ0n) is 19.9. The zero-order valence-corrected chi connectivity index (χ0v) is 19.9. The number of hydrogen-bond acceptors (Lipinski definition) is 8. The summed E-state index contributed by atoms with van der Waals surface area (Å²) in [7, 11) is 3.80. The number of aromatic nitrogens is 7. The molecular weight excluding hydrogens is 440 g/mol. The first kappa shape index (κ1) is 21.1. The second kappa shape index (κ2) is 8.39. The van der Waals surface area contributed by atoms with E-state index < -0.39 is 0 Å². The lowest BCUT2D eigenvalue weighted by atomic mass is 10.0. The van der Waals surface area contributed by atoms with Crippen molar-refractivity contribution in [3.63, 3.8) is 0 Å². The van der Waals surface area contributed by atoms with E-state index in [1.165, 1.54) is 11.1 Å². The summed E-state index contributed by atoms with van der Waals surface area (Å²) in [6.07, 6.45) is 6.26. The molecule has 10 nitrogen and oxygen atoms in total. The van der Waals surface area contributed by atoms with E-state index in [1.807, 2.05) is 32.4 Å². The Labute approximate surface area is 202 Å². The summed E-state index contributed by atoms with van der Waals surface area (Å²) in [5.74, 6) is 3.22. The van der Waals surface area contributed by atoms with Gasteiger partial charge in [-0.05, 0) is 30.7 Å². The fourth-order valence-corrected chi connectivity index (χ4v) is 4.45. The topological polar surface area (TPSA) is 102 Å². The van der Waals surface area contributed by atoms with E-state index in [4.69, 9.17) is 15.0 Å². The number of aryl methyl sites for hydroxylation is 3. The Kier molecular flexibility index (Phi) is 5.05. The van der Waals surface area contributed by atoms with Crippen LogP contribution >= 0.6 is 0 Å². The standard InChI is InChI=1S/C25H26N10/c1-16-4-5-21-19(12-16)24(32-25(30-21)31-23-7-10-28-34(23)3)35-11-8-20-17(15-35)13-18(14-26-20)29-22-6-9-27-33(22)2/h4-7,9-10,12-14,29H,8,11,15H2,1-3H3,(H,30,31,32). The average Bonchev–Trinajstić information content (AvgIpc) is 3.45. The van der Waals surface area contributed by atoms with Gasteiger partial charge in [0.25, 0.3) is 0 Å². The van der Waals surface area contributed by atoms with Gasteiger partial charge in [0.2, 0.25) is 5.95 Å². The van der Waals surface area contributed by atoms with Gasteiger partial charge in [0.05, 0.1) is 29.8 Å². The minimum atomic E-state index is 0.551. The molecule has 0 amide bonds. The third-order valence-electron chi connectivity index (χ3n) is 6.32. The molecule has 4 aromatic heterocycles. The molecule has 0 radical (unpaired) electrons. The molecule has 0 atom stereocenters. The van der Waals surface area contributed by atoms with E-state index in [-0.39, 0.29) is 0 Å². The summed E-state index contributed by atoms with van der Waals surface area (Å²) in [4.78, 5) is 16.8. The zero-order chi connectivity index (χ0) is 23.9. The van der Waals surface area contributed by atoms with Crippen molar-refractivity contribution in [1.29, 1.82) is 0 Å². The molecule has 0 aliphatic carbocycles. The average molecular weight is 467 g/mol. The predicted octanol–water partition coefficient (Wildman–Crippen LogP) is 3.85. The smallest absolute Gasteiger partial charge is 0.230 e.